The maximum Gasteiger partial charge on any atom is 0.305 e. The van der Waals surface area contributed by atoms with Gasteiger partial charge in [-0.1, -0.05) is 60.7 Å². The minimum atomic E-state index is -1.24. The predicted molar refractivity (Wildman–Crippen MR) is 101 cm³/mol. The summed E-state index contributed by atoms with van der Waals surface area (Å²) in [5.41, 5.74) is 7.11. The van der Waals surface area contributed by atoms with Crippen LogP contribution in [0, 0.1) is 0 Å². The zero-order chi connectivity index (χ0) is 19.8. The molecular formula is C20H23N3O4. The van der Waals surface area contributed by atoms with E-state index < -0.39 is 36.3 Å². The summed E-state index contributed by atoms with van der Waals surface area (Å²) < 4.78 is 0. The summed E-state index contributed by atoms with van der Waals surface area (Å²) in [5.74, 6) is -2.29. The van der Waals surface area contributed by atoms with E-state index in [1.54, 1.807) is 30.3 Å². The van der Waals surface area contributed by atoms with E-state index in [1.165, 1.54) is 0 Å². The Bertz CT molecular complexity index is 780. The second-order valence-corrected chi connectivity index (χ2v) is 6.20. The fourth-order valence-electron chi connectivity index (χ4n) is 2.60. The minimum Gasteiger partial charge on any atom is -0.481 e. The number of carboxylic acid groups (broad SMARTS) is 1. The first kappa shape index (κ1) is 20.1. The highest BCUT2D eigenvalue weighted by Gasteiger charge is 2.27. The van der Waals surface area contributed by atoms with Crippen LogP contribution in [0.1, 0.15) is 36.6 Å². The maximum absolute atomic E-state index is 12.8. The third-order valence-corrected chi connectivity index (χ3v) is 4.07. The molecule has 0 aromatic heterocycles. The average Bonchev–Trinajstić information content (AvgIpc) is 2.66. The van der Waals surface area contributed by atoms with Crippen LogP contribution in [0.5, 0.6) is 0 Å². The maximum atomic E-state index is 12.8. The van der Waals surface area contributed by atoms with E-state index in [0.717, 1.165) is 5.56 Å². The molecule has 3 atom stereocenters. The monoisotopic (exact) mass is 369 g/mol. The summed E-state index contributed by atoms with van der Waals surface area (Å²) in [5, 5.41) is 14.2. The van der Waals surface area contributed by atoms with Crippen molar-refractivity contribution in [1.29, 1.82) is 0 Å². The summed E-state index contributed by atoms with van der Waals surface area (Å²) in [4.78, 5) is 35.8. The zero-order valence-corrected chi connectivity index (χ0v) is 15.0. The number of carbonyl (C=O) groups excluding carboxylic acids is 2. The lowest BCUT2D eigenvalue weighted by atomic mass is 10.0. The van der Waals surface area contributed by atoms with Gasteiger partial charge in [0.25, 0.3) is 0 Å². The molecule has 0 spiro atoms. The molecule has 2 rings (SSSR count). The second-order valence-electron chi connectivity index (χ2n) is 6.20. The highest BCUT2D eigenvalue weighted by atomic mass is 16.4. The largest absolute Gasteiger partial charge is 0.481 e. The van der Waals surface area contributed by atoms with Gasteiger partial charge in [-0.3, -0.25) is 14.4 Å². The van der Waals surface area contributed by atoms with E-state index in [4.69, 9.17) is 10.8 Å². The number of aliphatic carboxylic acids is 1. The molecule has 142 valence electrons. The van der Waals surface area contributed by atoms with Gasteiger partial charge in [-0.15, -0.1) is 0 Å². The van der Waals surface area contributed by atoms with Crippen molar-refractivity contribution in [2.75, 3.05) is 0 Å². The standard InChI is InChI=1S/C20H23N3O4/c1-13(14-8-4-2-5-9-14)22-20(27)18(15-10-6-3-7-11-15)23-19(26)16(21)12-17(24)25/h2-11,13,16,18H,12,21H2,1H3,(H,22,27)(H,23,26)(H,24,25)/t13-,16-,18+/m0/s1. The lowest BCUT2D eigenvalue weighted by Crippen LogP contribution is -2.47. The van der Waals surface area contributed by atoms with Gasteiger partial charge in [-0.05, 0) is 18.1 Å². The summed E-state index contributed by atoms with van der Waals surface area (Å²) in [6, 6.07) is 15.6. The Morgan fingerprint density at radius 3 is 1.93 bits per heavy atom. The quantitative estimate of drug-likeness (QED) is 0.562. The van der Waals surface area contributed by atoms with Crippen LogP contribution in [-0.4, -0.2) is 28.9 Å². The molecule has 0 aliphatic rings. The minimum absolute atomic E-state index is 0.269. The lowest BCUT2D eigenvalue weighted by molar-refractivity contribution is -0.139. The molecule has 0 unspecified atom stereocenters. The lowest BCUT2D eigenvalue weighted by Gasteiger charge is -2.23. The topological polar surface area (TPSA) is 122 Å². The van der Waals surface area contributed by atoms with Crippen LogP contribution >= 0.6 is 0 Å². The molecule has 7 heteroatoms. The van der Waals surface area contributed by atoms with E-state index in [1.807, 2.05) is 37.3 Å². The van der Waals surface area contributed by atoms with Gasteiger partial charge in [-0.2, -0.15) is 0 Å². The molecule has 0 saturated carbocycles. The fourth-order valence-corrected chi connectivity index (χ4v) is 2.60. The smallest absolute Gasteiger partial charge is 0.305 e. The van der Waals surface area contributed by atoms with Gasteiger partial charge >= 0.3 is 5.97 Å². The third kappa shape index (κ3) is 5.93. The van der Waals surface area contributed by atoms with Crippen LogP contribution in [0.15, 0.2) is 60.7 Å². The first-order valence-corrected chi connectivity index (χ1v) is 8.56. The van der Waals surface area contributed by atoms with Crippen LogP contribution < -0.4 is 16.4 Å². The van der Waals surface area contributed by atoms with Crippen molar-refractivity contribution in [3.05, 3.63) is 71.8 Å². The molecule has 0 bridgehead atoms. The molecule has 5 N–H and O–H groups in total. The molecule has 0 saturated heterocycles. The van der Waals surface area contributed by atoms with Crippen LogP contribution in [-0.2, 0) is 14.4 Å². The zero-order valence-electron chi connectivity index (χ0n) is 15.0. The number of hydrogen-bond donors (Lipinski definition) is 4. The van der Waals surface area contributed by atoms with Gasteiger partial charge in [0.05, 0.1) is 18.5 Å². The summed E-state index contributed by atoms with van der Waals surface area (Å²) >= 11 is 0. The highest BCUT2D eigenvalue weighted by molar-refractivity contribution is 5.92. The Morgan fingerprint density at radius 1 is 0.889 bits per heavy atom. The van der Waals surface area contributed by atoms with Crippen LogP contribution in [0.3, 0.4) is 0 Å². The van der Waals surface area contributed by atoms with Crippen LogP contribution in [0.2, 0.25) is 0 Å². The molecule has 0 fully saturated rings. The first-order chi connectivity index (χ1) is 12.9. The Morgan fingerprint density at radius 2 is 1.41 bits per heavy atom. The summed E-state index contributed by atoms with van der Waals surface area (Å²) in [7, 11) is 0. The molecular weight excluding hydrogens is 346 g/mol. The number of hydrogen-bond acceptors (Lipinski definition) is 4. The highest BCUT2D eigenvalue weighted by Crippen LogP contribution is 2.17. The molecule has 0 aliphatic heterocycles. The van der Waals surface area contributed by atoms with Gasteiger partial charge in [0, 0.05) is 0 Å². The second kappa shape index (κ2) is 9.49. The molecule has 2 amide bonds. The first-order valence-electron chi connectivity index (χ1n) is 8.56. The molecule has 2 aromatic rings. The Kier molecular flexibility index (Phi) is 7.08. The van der Waals surface area contributed by atoms with Gasteiger partial charge in [0.1, 0.15) is 6.04 Å². The van der Waals surface area contributed by atoms with Crippen molar-refractivity contribution >= 4 is 17.8 Å². The number of nitrogens with two attached hydrogens (primary N) is 1. The van der Waals surface area contributed by atoms with E-state index in [9.17, 15) is 14.4 Å². The van der Waals surface area contributed by atoms with Gasteiger partial charge in [-0.25, -0.2) is 0 Å². The van der Waals surface area contributed by atoms with E-state index in [-0.39, 0.29) is 6.04 Å². The fraction of sp³-hybridized carbons (Fsp3) is 0.250. The molecule has 27 heavy (non-hydrogen) atoms. The Hall–Kier alpha value is -3.19. The van der Waals surface area contributed by atoms with E-state index in [0.29, 0.717) is 5.56 Å². The van der Waals surface area contributed by atoms with Crippen LogP contribution in [0.4, 0.5) is 0 Å². The number of carbonyl (C=O) groups is 3. The van der Waals surface area contributed by atoms with Crippen molar-refractivity contribution in [1.82, 2.24) is 10.6 Å². The SMILES string of the molecule is C[C@H](NC(=O)[C@H](NC(=O)[C@@H](N)CC(=O)O)c1ccccc1)c1ccccc1. The Balaban J connectivity index is 2.16. The van der Waals surface area contributed by atoms with Crippen molar-refractivity contribution in [2.24, 2.45) is 5.73 Å². The molecule has 7 nitrogen and oxygen atoms in total. The van der Waals surface area contributed by atoms with Crippen LogP contribution in [0.25, 0.3) is 0 Å². The van der Waals surface area contributed by atoms with Crippen molar-refractivity contribution < 1.29 is 19.5 Å². The predicted octanol–water partition coefficient (Wildman–Crippen LogP) is 1.52. The summed E-state index contributed by atoms with van der Waals surface area (Å²) in [6.07, 6.45) is -0.518. The van der Waals surface area contributed by atoms with Crippen molar-refractivity contribution in [3.8, 4) is 0 Å². The van der Waals surface area contributed by atoms with E-state index >= 15 is 0 Å². The molecule has 2 aromatic carbocycles. The van der Waals surface area contributed by atoms with Crippen molar-refractivity contribution in [3.63, 3.8) is 0 Å². The Labute approximate surface area is 157 Å². The van der Waals surface area contributed by atoms with Gasteiger partial charge in [0.15, 0.2) is 0 Å². The number of benzene rings is 2. The number of rotatable bonds is 8. The molecule has 0 aliphatic carbocycles. The number of nitrogens with one attached hydrogen (secondary N) is 2. The average molecular weight is 369 g/mol. The van der Waals surface area contributed by atoms with Crippen molar-refractivity contribution in [2.45, 2.75) is 31.5 Å². The van der Waals surface area contributed by atoms with E-state index in [2.05, 4.69) is 10.6 Å². The molecule has 0 radical (unpaired) electrons. The number of carboxylic acids is 1. The van der Waals surface area contributed by atoms with Gasteiger partial charge in [0.2, 0.25) is 11.8 Å². The normalized spacial score (nSPS) is 13.9. The number of amides is 2. The van der Waals surface area contributed by atoms with Gasteiger partial charge < -0.3 is 21.5 Å². The third-order valence-electron chi connectivity index (χ3n) is 4.07. The summed E-state index contributed by atoms with van der Waals surface area (Å²) in [6.45, 7) is 1.84. The molecule has 0 heterocycles.